The highest BCUT2D eigenvalue weighted by molar-refractivity contribution is 5.81. The molecule has 0 aliphatic carbocycles. The van der Waals surface area contributed by atoms with Crippen molar-refractivity contribution in [3.05, 3.63) is 59.9 Å². The van der Waals surface area contributed by atoms with E-state index in [0.29, 0.717) is 18.7 Å². The zero-order valence-electron chi connectivity index (χ0n) is 16.2. The van der Waals surface area contributed by atoms with Crippen LogP contribution in [0.3, 0.4) is 0 Å². The van der Waals surface area contributed by atoms with Gasteiger partial charge in [-0.2, -0.15) is 0 Å². The molecule has 0 bridgehead atoms. The van der Waals surface area contributed by atoms with Gasteiger partial charge in [0, 0.05) is 12.1 Å². The molecule has 2 atom stereocenters. The number of nitrogens with zero attached hydrogens (tertiary/aromatic N) is 1. The molecule has 146 valence electrons. The van der Waals surface area contributed by atoms with Crippen LogP contribution in [-0.2, 0) is 4.79 Å². The molecule has 2 rings (SSSR count). The zero-order valence-corrected chi connectivity index (χ0v) is 16.2. The highest BCUT2D eigenvalue weighted by Crippen LogP contribution is 2.27. The number of likely N-dealkylation sites (N-methyl/N-ethyl adjacent to an activating group) is 1. The molecule has 0 spiro atoms. The SMILES string of the molecule is CC[C@@H](Oc1ccc(F)cc1)C(=O)NC[C@H](c1ccccc1OC)N(C)C. The average Bonchev–Trinajstić information content (AvgIpc) is 2.67. The zero-order chi connectivity index (χ0) is 19.8. The quantitative estimate of drug-likeness (QED) is 0.731. The molecule has 5 nitrogen and oxygen atoms in total. The van der Waals surface area contributed by atoms with Gasteiger partial charge in [0.15, 0.2) is 6.10 Å². The molecule has 2 aromatic carbocycles. The summed E-state index contributed by atoms with van der Waals surface area (Å²) in [5.41, 5.74) is 0.998. The van der Waals surface area contributed by atoms with E-state index in [-0.39, 0.29) is 17.8 Å². The topological polar surface area (TPSA) is 50.8 Å². The molecule has 0 aromatic heterocycles. The number of para-hydroxylation sites is 1. The lowest BCUT2D eigenvalue weighted by Gasteiger charge is -2.27. The van der Waals surface area contributed by atoms with Crippen molar-refractivity contribution in [3.63, 3.8) is 0 Å². The molecular weight excluding hydrogens is 347 g/mol. The first kappa shape index (κ1) is 20.7. The van der Waals surface area contributed by atoms with Crippen LogP contribution in [0.5, 0.6) is 11.5 Å². The van der Waals surface area contributed by atoms with E-state index >= 15 is 0 Å². The molecule has 1 amide bonds. The number of halogens is 1. The number of amides is 1. The van der Waals surface area contributed by atoms with Crippen LogP contribution in [0.15, 0.2) is 48.5 Å². The Morgan fingerprint density at radius 1 is 1.15 bits per heavy atom. The van der Waals surface area contributed by atoms with Gasteiger partial charge in [0.1, 0.15) is 17.3 Å². The molecule has 0 heterocycles. The van der Waals surface area contributed by atoms with E-state index in [1.807, 2.05) is 50.2 Å². The number of ether oxygens (including phenoxy) is 2. The summed E-state index contributed by atoms with van der Waals surface area (Å²) in [4.78, 5) is 14.6. The van der Waals surface area contributed by atoms with Crippen LogP contribution in [0.4, 0.5) is 4.39 Å². The van der Waals surface area contributed by atoms with Crippen molar-refractivity contribution in [1.82, 2.24) is 10.2 Å². The van der Waals surface area contributed by atoms with Crippen LogP contribution < -0.4 is 14.8 Å². The standard InChI is InChI=1S/C21H27FN2O3/c1-5-19(27-16-12-10-15(22)11-13-16)21(25)23-14-18(24(2)3)17-8-6-7-9-20(17)26-4/h6-13,18-19H,5,14H2,1-4H3,(H,23,25)/t18-,19-/m1/s1. The van der Waals surface area contributed by atoms with Gasteiger partial charge in [0.25, 0.3) is 5.91 Å². The summed E-state index contributed by atoms with van der Waals surface area (Å²) in [7, 11) is 5.54. The van der Waals surface area contributed by atoms with Gasteiger partial charge in [-0.25, -0.2) is 4.39 Å². The predicted molar refractivity (Wildman–Crippen MR) is 104 cm³/mol. The van der Waals surface area contributed by atoms with Crippen molar-refractivity contribution in [2.24, 2.45) is 0 Å². The summed E-state index contributed by atoms with van der Waals surface area (Å²) in [6.07, 6.45) is -0.138. The maximum atomic E-state index is 13.0. The number of benzene rings is 2. The summed E-state index contributed by atoms with van der Waals surface area (Å²) >= 11 is 0. The Balaban J connectivity index is 2.04. The van der Waals surface area contributed by atoms with Crippen molar-refractivity contribution in [2.45, 2.75) is 25.5 Å². The van der Waals surface area contributed by atoms with E-state index in [0.717, 1.165) is 11.3 Å². The number of carbonyl (C=O) groups excluding carboxylic acids is 1. The lowest BCUT2D eigenvalue weighted by atomic mass is 10.0. The van der Waals surface area contributed by atoms with Crippen LogP contribution in [0, 0.1) is 5.82 Å². The van der Waals surface area contributed by atoms with Crippen molar-refractivity contribution in [2.75, 3.05) is 27.7 Å². The minimum atomic E-state index is -0.643. The van der Waals surface area contributed by atoms with Crippen molar-refractivity contribution < 1.29 is 18.7 Å². The third kappa shape index (κ3) is 5.69. The predicted octanol–water partition coefficient (Wildman–Crippen LogP) is 3.41. The molecule has 0 fully saturated rings. The molecule has 1 N–H and O–H groups in total. The number of nitrogens with one attached hydrogen (secondary N) is 1. The molecular formula is C21H27FN2O3. The number of carbonyl (C=O) groups is 1. The monoisotopic (exact) mass is 374 g/mol. The fraction of sp³-hybridized carbons (Fsp3) is 0.381. The Bertz CT molecular complexity index is 734. The van der Waals surface area contributed by atoms with E-state index in [2.05, 4.69) is 5.32 Å². The van der Waals surface area contributed by atoms with Crippen LogP contribution in [0.2, 0.25) is 0 Å². The van der Waals surface area contributed by atoms with Gasteiger partial charge in [-0.1, -0.05) is 25.1 Å². The lowest BCUT2D eigenvalue weighted by Crippen LogP contribution is -2.42. The second-order valence-corrected chi connectivity index (χ2v) is 6.44. The van der Waals surface area contributed by atoms with Gasteiger partial charge in [-0.3, -0.25) is 4.79 Å². The molecule has 0 saturated heterocycles. The smallest absolute Gasteiger partial charge is 0.261 e. The van der Waals surface area contributed by atoms with Crippen LogP contribution in [0.25, 0.3) is 0 Å². The Labute approximate surface area is 160 Å². The fourth-order valence-electron chi connectivity index (χ4n) is 2.82. The molecule has 2 aromatic rings. The summed E-state index contributed by atoms with van der Waals surface area (Å²) in [5.74, 6) is 0.696. The van der Waals surface area contributed by atoms with Gasteiger partial charge in [0.05, 0.1) is 13.2 Å². The third-order valence-corrected chi connectivity index (χ3v) is 4.35. The van der Waals surface area contributed by atoms with Gasteiger partial charge in [0.2, 0.25) is 0 Å². The molecule has 6 heteroatoms. The second kappa shape index (κ2) is 9.92. The van der Waals surface area contributed by atoms with Crippen LogP contribution in [-0.4, -0.2) is 44.7 Å². The lowest BCUT2D eigenvalue weighted by molar-refractivity contribution is -0.128. The van der Waals surface area contributed by atoms with Crippen molar-refractivity contribution >= 4 is 5.91 Å². The molecule has 27 heavy (non-hydrogen) atoms. The first-order valence-electron chi connectivity index (χ1n) is 8.95. The average molecular weight is 374 g/mol. The minimum Gasteiger partial charge on any atom is -0.496 e. The maximum Gasteiger partial charge on any atom is 0.261 e. The number of rotatable bonds is 9. The summed E-state index contributed by atoms with van der Waals surface area (Å²) < 4.78 is 24.2. The number of hydrogen-bond donors (Lipinski definition) is 1. The summed E-state index contributed by atoms with van der Waals surface area (Å²) in [6.45, 7) is 2.28. The normalized spacial score (nSPS) is 13.1. The Kier molecular flexibility index (Phi) is 7.61. The van der Waals surface area contributed by atoms with Crippen molar-refractivity contribution in [3.8, 4) is 11.5 Å². The number of methoxy groups -OCH3 is 1. The minimum absolute atomic E-state index is 0.0478. The molecule has 0 aliphatic heterocycles. The summed E-state index contributed by atoms with van der Waals surface area (Å²) in [6, 6.07) is 13.4. The highest BCUT2D eigenvalue weighted by atomic mass is 19.1. The van der Waals surface area contributed by atoms with E-state index in [1.165, 1.54) is 24.3 Å². The van der Waals surface area contributed by atoms with Crippen LogP contribution in [0.1, 0.15) is 24.9 Å². The molecule has 0 saturated carbocycles. The van der Waals surface area contributed by atoms with Crippen molar-refractivity contribution in [1.29, 1.82) is 0 Å². The van der Waals surface area contributed by atoms with Gasteiger partial charge >= 0.3 is 0 Å². The van der Waals surface area contributed by atoms with Gasteiger partial charge in [-0.15, -0.1) is 0 Å². The Morgan fingerprint density at radius 3 is 2.41 bits per heavy atom. The highest BCUT2D eigenvalue weighted by Gasteiger charge is 2.23. The Morgan fingerprint density at radius 2 is 1.81 bits per heavy atom. The number of hydrogen-bond acceptors (Lipinski definition) is 4. The van der Waals surface area contributed by atoms with E-state index < -0.39 is 6.10 Å². The largest absolute Gasteiger partial charge is 0.496 e. The summed E-state index contributed by atoms with van der Waals surface area (Å²) in [5, 5.41) is 2.96. The maximum absolute atomic E-state index is 13.0. The second-order valence-electron chi connectivity index (χ2n) is 6.44. The van der Waals surface area contributed by atoms with Gasteiger partial charge in [-0.05, 0) is 50.8 Å². The molecule has 0 radical (unpaired) electrons. The van der Waals surface area contributed by atoms with E-state index in [1.54, 1.807) is 7.11 Å². The fourth-order valence-corrected chi connectivity index (χ4v) is 2.82. The molecule has 0 aliphatic rings. The van der Waals surface area contributed by atoms with E-state index in [4.69, 9.17) is 9.47 Å². The van der Waals surface area contributed by atoms with Crippen LogP contribution >= 0.6 is 0 Å². The van der Waals surface area contributed by atoms with Gasteiger partial charge < -0.3 is 19.7 Å². The first-order valence-corrected chi connectivity index (χ1v) is 8.95. The van der Waals surface area contributed by atoms with E-state index in [9.17, 15) is 9.18 Å². The first-order chi connectivity index (χ1) is 13.0. The Hall–Kier alpha value is -2.60. The third-order valence-electron chi connectivity index (χ3n) is 4.35. The molecule has 0 unspecified atom stereocenters.